The number of hydrogen-bond donors (Lipinski definition) is 2. The average molecular weight is 301 g/mol. The second-order valence-corrected chi connectivity index (χ2v) is 6.68. The lowest BCUT2D eigenvalue weighted by Gasteiger charge is -2.13. The van der Waals surface area contributed by atoms with Gasteiger partial charge >= 0.3 is 0 Å². The van der Waals surface area contributed by atoms with Crippen LogP contribution in [0.2, 0.25) is 0 Å². The van der Waals surface area contributed by atoms with Crippen molar-refractivity contribution in [3.05, 3.63) is 18.2 Å². The first-order valence-electron chi connectivity index (χ1n) is 8.22. The first-order valence-corrected chi connectivity index (χ1v) is 8.22. The van der Waals surface area contributed by atoms with Crippen molar-refractivity contribution >= 4 is 11.6 Å². The summed E-state index contributed by atoms with van der Waals surface area (Å²) in [5, 5.41) is 3.16. The molecule has 3 N–H and O–H groups in total. The molecule has 3 aliphatic rings. The van der Waals surface area contributed by atoms with E-state index < -0.39 is 0 Å². The van der Waals surface area contributed by atoms with Crippen molar-refractivity contribution in [2.24, 2.45) is 22.1 Å². The van der Waals surface area contributed by atoms with Crippen molar-refractivity contribution in [1.29, 1.82) is 0 Å². The zero-order valence-electron chi connectivity index (χ0n) is 12.8. The van der Waals surface area contributed by atoms with Gasteiger partial charge in [0.1, 0.15) is 0 Å². The lowest BCUT2D eigenvalue weighted by Crippen LogP contribution is -2.24. The maximum absolute atomic E-state index is 6.03. The topological polar surface area (TPSA) is 68.9 Å². The number of ether oxygens (including phenoxy) is 2. The number of anilines is 1. The number of benzene rings is 1. The van der Waals surface area contributed by atoms with Crippen molar-refractivity contribution in [2.75, 3.05) is 25.1 Å². The summed E-state index contributed by atoms with van der Waals surface area (Å²) in [6.07, 6.45) is 6.30. The van der Waals surface area contributed by atoms with Crippen LogP contribution in [0.5, 0.6) is 11.5 Å². The SMILES string of the molecule is NC(=NCC1(C2CC2)CC1)Nc1ccc2c(c1)OCCCO2. The van der Waals surface area contributed by atoms with Crippen LogP contribution in [0.15, 0.2) is 23.2 Å². The van der Waals surface area contributed by atoms with E-state index in [1.54, 1.807) is 0 Å². The molecule has 4 rings (SSSR count). The summed E-state index contributed by atoms with van der Waals surface area (Å²) < 4.78 is 11.3. The van der Waals surface area contributed by atoms with Gasteiger partial charge in [-0.25, -0.2) is 0 Å². The molecule has 2 fully saturated rings. The molecule has 118 valence electrons. The van der Waals surface area contributed by atoms with E-state index in [4.69, 9.17) is 15.2 Å². The van der Waals surface area contributed by atoms with Gasteiger partial charge in [0.2, 0.25) is 0 Å². The predicted octanol–water partition coefficient (Wildman–Crippen LogP) is 2.76. The fourth-order valence-electron chi connectivity index (χ4n) is 3.22. The molecule has 1 heterocycles. The van der Waals surface area contributed by atoms with Crippen molar-refractivity contribution in [3.63, 3.8) is 0 Å². The van der Waals surface area contributed by atoms with Crippen LogP contribution in [0, 0.1) is 11.3 Å². The van der Waals surface area contributed by atoms with Gasteiger partial charge in [-0.1, -0.05) is 0 Å². The third-order valence-corrected chi connectivity index (χ3v) is 4.92. The van der Waals surface area contributed by atoms with Gasteiger partial charge in [0.05, 0.1) is 13.2 Å². The number of nitrogens with zero attached hydrogens (tertiary/aromatic N) is 1. The zero-order chi connectivity index (χ0) is 15.0. The van der Waals surface area contributed by atoms with Crippen molar-refractivity contribution in [1.82, 2.24) is 0 Å². The Morgan fingerprint density at radius 2 is 2.00 bits per heavy atom. The van der Waals surface area contributed by atoms with Crippen LogP contribution in [0.3, 0.4) is 0 Å². The van der Waals surface area contributed by atoms with E-state index in [0.717, 1.165) is 36.1 Å². The van der Waals surface area contributed by atoms with Gasteiger partial charge in [-0.15, -0.1) is 0 Å². The number of hydrogen-bond acceptors (Lipinski definition) is 3. The molecular weight excluding hydrogens is 278 g/mol. The number of nitrogens with two attached hydrogens (primary N) is 1. The molecular formula is C17H23N3O2. The van der Waals surface area contributed by atoms with E-state index >= 15 is 0 Å². The fourth-order valence-corrected chi connectivity index (χ4v) is 3.22. The number of aliphatic imine (C=N–C) groups is 1. The summed E-state index contributed by atoms with van der Waals surface area (Å²) in [4.78, 5) is 4.56. The molecule has 2 saturated carbocycles. The van der Waals surface area contributed by atoms with Crippen LogP contribution < -0.4 is 20.5 Å². The van der Waals surface area contributed by atoms with Gasteiger partial charge in [0.15, 0.2) is 17.5 Å². The third kappa shape index (κ3) is 2.85. The molecule has 5 nitrogen and oxygen atoms in total. The third-order valence-electron chi connectivity index (χ3n) is 4.92. The van der Waals surface area contributed by atoms with E-state index in [1.165, 1.54) is 25.7 Å². The lowest BCUT2D eigenvalue weighted by atomic mass is 10.0. The van der Waals surface area contributed by atoms with Gasteiger partial charge in [0, 0.05) is 24.7 Å². The van der Waals surface area contributed by atoms with Gasteiger partial charge in [-0.2, -0.15) is 0 Å². The standard InChI is InChI=1S/C17H23N3O2/c18-16(19-11-17(6-7-17)12-2-3-12)20-13-4-5-14-15(10-13)22-9-1-8-21-14/h4-5,10,12H,1-3,6-9,11H2,(H3,18,19,20). The molecule has 0 saturated heterocycles. The number of fused-ring (bicyclic) bond motifs is 1. The second-order valence-electron chi connectivity index (χ2n) is 6.68. The molecule has 0 amide bonds. The molecule has 1 aliphatic heterocycles. The second kappa shape index (κ2) is 5.38. The van der Waals surface area contributed by atoms with Crippen molar-refractivity contribution < 1.29 is 9.47 Å². The molecule has 0 atom stereocenters. The monoisotopic (exact) mass is 301 g/mol. The summed E-state index contributed by atoms with van der Waals surface area (Å²) >= 11 is 0. The van der Waals surface area contributed by atoms with Crippen LogP contribution in [-0.4, -0.2) is 25.7 Å². The Kier molecular flexibility index (Phi) is 3.36. The van der Waals surface area contributed by atoms with Crippen molar-refractivity contribution in [3.8, 4) is 11.5 Å². The molecule has 2 aliphatic carbocycles. The molecule has 0 unspecified atom stereocenters. The summed E-state index contributed by atoms with van der Waals surface area (Å²) in [5.41, 5.74) is 7.41. The highest BCUT2D eigenvalue weighted by atomic mass is 16.5. The van der Waals surface area contributed by atoms with Crippen LogP contribution in [0.4, 0.5) is 5.69 Å². The average Bonchev–Trinajstić information content (AvgIpc) is 3.40. The quantitative estimate of drug-likeness (QED) is 0.663. The first kappa shape index (κ1) is 13.7. The Labute approximate surface area is 130 Å². The highest BCUT2D eigenvalue weighted by Crippen LogP contribution is 2.61. The van der Waals surface area contributed by atoms with Gasteiger partial charge in [-0.3, -0.25) is 4.99 Å². The molecule has 22 heavy (non-hydrogen) atoms. The van der Waals surface area contributed by atoms with E-state index in [0.29, 0.717) is 24.6 Å². The highest BCUT2D eigenvalue weighted by Gasteiger charge is 2.53. The Balaban J connectivity index is 1.41. The molecule has 1 aromatic carbocycles. The largest absolute Gasteiger partial charge is 0.490 e. The minimum absolute atomic E-state index is 0.483. The van der Waals surface area contributed by atoms with Gasteiger partial charge in [-0.05, 0) is 49.1 Å². The van der Waals surface area contributed by atoms with Gasteiger partial charge < -0.3 is 20.5 Å². The zero-order valence-corrected chi connectivity index (χ0v) is 12.8. The Morgan fingerprint density at radius 3 is 2.73 bits per heavy atom. The van der Waals surface area contributed by atoms with Crippen LogP contribution in [0.1, 0.15) is 32.1 Å². The van der Waals surface area contributed by atoms with E-state index in [9.17, 15) is 0 Å². The number of rotatable bonds is 4. The number of guanidine groups is 1. The Hall–Kier alpha value is -1.91. The molecule has 0 radical (unpaired) electrons. The van der Waals surface area contributed by atoms with Crippen LogP contribution >= 0.6 is 0 Å². The maximum Gasteiger partial charge on any atom is 0.193 e. The van der Waals surface area contributed by atoms with Crippen LogP contribution in [-0.2, 0) is 0 Å². The van der Waals surface area contributed by atoms with E-state index in [1.807, 2.05) is 18.2 Å². The van der Waals surface area contributed by atoms with E-state index in [-0.39, 0.29) is 0 Å². The highest BCUT2D eigenvalue weighted by molar-refractivity contribution is 5.92. The molecule has 0 spiro atoms. The van der Waals surface area contributed by atoms with Crippen molar-refractivity contribution in [2.45, 2.75) is 32.1 Å². The number of nitrogens with one attached hydrogen (secondary N) is 1. The minimum Gasteiger partial charge on any atom is -0.490 e. The molecule has 0 bridgehead atoms. The smallest absolute Gasteiger partial charge is 0.193 e. The normalized spacial score (nSPS) is 22.8. The van der Waals surface area contributed by atoms with Crippen LogP contribution in [0.25, 0.3) is 0 Å². The lowest BCUT2D eigenvalue weighted by molar-refractivity contribution is 0.297. The first-order chi connectivity index (χ1) is 10.8. The molecule has 5 heteroatoms. The predicted molar refractivity (Wildman–Crippen MR) is 86.6 cm³/mol. The van der Waals surface area contributed by atoms with Gasteiger partial charge in [0.25, 0.3) is 0 Å². The maximum atomic E-state index is 6.03. The summed E-state index contributed by atoms with van der Waals surface area (Å²) in [7, 11) is 0. The van der Waals surface area contributed by atoms with E-state index in [2.05, 4.69) is 10.3 Å². The Morgan fingerprint density at radius 1 is 1.23 bits per heavy atom. The Bertz CT molecular complexity index is 592. The summed E-state index contributed by atoms with van der Waals surface area (Å²) in [6.45, 7) is 2.25. The minimum atomic E-state index is 0.483. The fraction of sp³-hybridized carbons (Fsp3) is 0.588. The molecule has 0 aromatic heterocycles. The molecule has 1 aromatic rings. The summed E-state index contributed by atoms with van der Waals surface area (Å²) in [6, 6.07) is 5.79. The summed E-state index contributed by atoms with van der Waals surface area (Å²) in [5.74, 6) is 2.96.